The van der Waals surface area contributed by atoms with Gasteiger partial charge in [-0.25, -0.2) is 0 Å². The molecule has 0 spiro atoms. The van der Waals surface area contributed by atoms with Crippen molar-refractivity contribution < 1.29 is 9.53 Å². The summed E-state index contributed by atoms with van der Waals surface area (Å²) < 4.78 is 7.53. The fourth-order valence-corrected chi connectivity index (χ4v) is 3.11. The summed E-state index contributed by atoms with van der Waals surface area (Å²) in [5.74, 6) is 1.41. The second kappa shape index (κ2) is 13.5. The van der Waals surface area contributed by atoms with Crippen molar-refractivity contribution in [3.8, 4) is 5.75 Å². The lowest BCUT2D eigenvalue weighted by Crippen LogP contribution is -2.41. The first-order valence-corrected chi connectivity index (χ1v) is 10.6. The van der Waals surface area contributed by atoms with E-state index in [2.05, 4.69) is 26.0 Å². The lowest BCUT2D eigenvalue weighted by molar-refractivity contribution is -0.116. The predicted molar refractivity (Wildman–Crippen MR) is 142 cm³/mol. The monoisotopic (exact) mass is 562 g/mol. The molecule has 0 fully saturated rings. The van der Waals surface area contributed by atoms with Gasteiger partial charge in [-0.2, -0.15) is 5.10 Å². The lowest BCUT2D eigenvalue weighted by Gasteiger charge is -2.18. The van der Waals surface area contributed by atoms with Crippen molar-refractivity contribution in [1.29, 1.82) is 0 Å². The minimum Gasteiger partial charge on any atom is -0.489 e. The van der Waals surface area contributed by atoms with Gasteiger partial charge in [-0.05, 0) is 55.3 Å². The molecule has 0 saturated carbocycles. The molecule has 3 aromatic rings. The summed E-state index contributed by atoms with van der Waals surface area (Å²) in [6, 6.07) is 17.5. The third-order valence-corrected chi connectivity index (χ3v) is 4.64. The number of amides is 1. The van der Waals surface area contributed by atoms with Crippen LogP contribution in [0.15, 0.2) is 72.0 Å². The average Bonchev–Trinajstić information content (AvgIpc) is 3.27. The van der Waals surface area contributed by atoms with Crippen LogP contribution in [-0.4, -0.2) is 41.3 Å². The summed E-state index contributed by atoms with van der Waals surface area (Å²) in [4.78, 5) is 16.4. The van der Waals surface area contributed by atoms with Crippen molar-refractivity contribution in [2.45, 2.75) is 33.0 Å². The van der Waals surface area contributed by atoms with Gasteiger partial charge in [0.1, 0.15) is 18.4 Å². The first-order chi connectivity index (χ1) is 15.5. The second-order valence-corrected chi connectivity index (χ2v) is 7.50. The van der Waals surface area contributed by atoms with Crippen LogP contribution in [0.4, 0.5) is 5.69 Å². The molecule has 1 aromatic heterocycles. The lowest BCUT2D eigenvalue weighted by atomic mass is 10.2. The van der Waals surface area contributed by atoms with Crippen molar-refractivity contribution in [2.75, 3.05) is 18.9 Å². The van der Waals surface area contributed by atoms with Gasteiger partial charge in [-0.15, -0.1) is 24.0 Å². The van der Waals surface area contributed by atoms with Crippen molar-refractivity contribution in [3.05, 3.63) is 78.1 Å². The molecule has 33 heavy (non-hydrogen) atoms. The zero-order chi connectivity index (χ0) is 22.8. The van der Waals surface area contributed by atoms with E-state index in [-0.39, 0.29) is 42.5 Å². The fraction of sp³-hybridized carbons (Fsp3) is 0.292. The number of aryl methyl sites for hydroxylation is 1. The zero-order valence-corrected chi connectivity index (χ0v) is 21.4. The summed E-state index contributed by atoms with van der Waals surface area (Å²) in [5, 5.41) is 13.5. The van der Waals surface area contributed by atoms with Gasteiger partial charge in [0.2, 0.25) is 5.91 Å². The molecule has 1 unspecified atom stereocenters. The SMILES string of the molecule is CN=C(NCc1cccc(NC(=O)Cn2cccn2)c1)NCC(C)Oc1cccc(C)c1.I. The molecule has 1 atom stereocenters. The maximum absolute atomic E-state index is 12.2. The quantitative estimate of drug-likeness (QED) is 0.211. The smallest absolute Gasteiger partial charge is 0.246 e. The molecule has 3 N–H and O–H groups in total. The molecule has 0 bridgehead atoms. The molecule has 0 saturated heterocycles. The number of ether oxygens (including phenoxy) is 1. The Morgan fingerprint density at radius 1 is 1.15 bits per heavy atom. The number of nitrogens with one attached hydrogen (secondary N) is 3. The summed E-state index contributed by atoms with van der Waals surface area (Å²) in [5.41, 5.74) is 2.93. The van der Waals surface area contributed by atoms with Crippen LogP contribution in [0.1, 0.15) is 18.1 Å². The third-order valence-electron chi connectivity index (χ3n) is 4.64. The van der Waals surface area contributed by atoms with E-state index in [1.165, 1.54) is 5.56 Å². The molecule has 0 aliphatic carbocycles. The van der Waals surface area contributed by atoms with Crippen molar-refractivity contribution in [1.82, 2.24) is 20.4 Å². The van der Waals surface area contributed by atoms with Crippen LogP contribution in [0.3, 0.4) is 0 Å². The Morgan fingerprint density at radius 3 is 2.70 bits per heavy atom. The van der Waals surface area contributed by atoms with Crippen LogP contribution < -0.4 is 20.7 Å². The molecule has 8 nitrogen and oxygen atoms in total. The van der Waals surface area contributed by atoms with Crippen LogP contribution in [0.2, 0.25) is 0 Å². The molecule has 3 rings (SSSR count). The highest BCUT2D eigenvalue weighted by Crippen LogP contribution is 2.14. The van der Waals surface area contributed by atoms with Gasteiger partial charge in [0.05, 0.1) is 6.54 Å². The number of hydrogen-bond acceptors (Lipinski definition) is 4. The number of benzene rings is 2. The van der Waals surface area contributed by atoms with E-state index in [4.69, 9.17) is 4.74 Å². The van der Waals surface area contributed by atoms with E-state index in [9.17, 15) is 4.79 Å². The highest BCUT2D eigenvalue weighted by molar-refractivity contribution is 14.0. The Kier molecular flexibility index (Phi) is 10.7. The Labute approximate surface area is 211 Å². The molecule has 1 heterocycles. The van der Waals surface area contributed by atoms with Crippen molar-refractivity contribution in [2.24, 2.45) is 4.99 Å². The number of carbonyl (C=O) groups excluding carboxylic acids is 1. The number of aromatic nitrogens is 2. The molecule has 0 aliphatic rings. The van der Waals surface area contributed by atoms with Crippen LogP contribution in [0, 0.1) is 6.92 Å². The van der Waals surface area contributed by atoms with Gasteiger partial charge in [0.15, 0.2) is 5.96 Å². The number of halogens is 1. The summed E-state index contributed by atoms with van der Waals surface area (Å²) in [6.07, 6.45) is 3.38. The van der Waals surface area contributed by atoms with Gasteiger partial charge in [0, 0.05) is 31.7 Å². The molecule has 2 aromatic carbocycles. The number of aliphatic imine (C=N–C) groups is 1. The van der Waals surface area contributed by atoms with E-state index < -0.39 is 0 Å². The largest absolute Gasteiger partial charge is 0.489 e. The molecule has 1 amide bonds. The van der Waals surface area contributed by atoms with E-state index in [0.717, 1.165) is 17.0 Å². The predicted octanol–water partition coefficient (Wildman–Crippen LogP) is 3.58. The number of rotatable bonds is 9. The minimum absolute atomic E-state index is 0. The van der Waals surface area contributed by atoms with Gasteiger partial charge >= 0.3 is 0 Å². The van der Waals surface area contributed by atoms with E-state index in [1.54, 1.807) is 30.2 Å². The van der Waals surface area contributed by atoms with Gasteiger partial charge in [-0.3, -0.25) is 14.5 Å². The van der Waals surface area contributed by atoms with Crippen LogP contribution in [0.25, 0.3) is 0 Å². The summed E-state index contributed by atoms with van der Waals surface area (Å²) in [7, 11) is 1.73. The standard InChI is InChI=1S/C24H30N6O2.HI/c1-18-7-4-10-22(13-18)32-19(2)15-26-24(25-3)27-16-20-8-5-9-21(14-20)29-23(31)17-30-12-6-11-28-30;/h4-14,19H,15-17H2,1-3H3,(H,29,31)(H2,25,26,27);1H. The highest BCUT2D eigenvalue weighted by atomic mass is 127. The second-order valence-electron chi connectivity index (χ2n) is 7.50. The Balaban J connectivity index is 0.00000385. The fourth-order valence-electron chi connectivity index (χ4n) is 3.11. The molecular formula is C24H31IN6O2. The maximum atomic E-state index is 12.2. The van der Waals surface area contributed by atoms with Crippen molar-refractivity contribution in [3.63, 3.8) is 0 Å². The summed E-state index contributed by atoms with van der Waals surface area (Å²) in [6.45, 7) is 5.40. The number of nitrogens with zero attached hydrogens (tertiary/aromatic N) is 3. The van der Waals surface area contributed by atoms with Gasteiger partial charge in [0.25, 0.3) is 0 Å². The Morgan fingerprint density at radius 2 is 1.97 bits per heavy atom. The molecule has 0 aliphatic heterocycles. The molecular weight excluding hydrogens is 531 g/mol. The Bertz CT molecular complexity index is 1040. The van der Waals surface area contributed by atoms with Crippen LogP contribution in [-0.2, 0) is 17.9 Å². The first kappa shape index (κ1) is 26.2. The number of carbonyl (C=O) groups is 1. The number of anilines is 1. The highest BCUT2D eigenvalue weighted by Gasteiger charge is 2.07. The zero-order valence-electron chi connectivity index (χ0n) is 19.1. The Hall–Kier alpha value is -3.08. The number of hydrogen-bond donors (Lipinski definition) is 3. The minimum atomic E-state index is -0.126. The average molecular weight is 562 g/mol. The van der Waals surface area contributed by atoms with Gasteiger partial charge in [-0.1, -0.05) is 24.3 Å². The van der Waals surface area contributed by atoms with Crippen LogP contribution in [0.5, 0.6) is 5.75 Å². The summed E-state index contributed by atoms with van der Waals surface area (Å²) >= 11 is 0. The normalized spacial score (nSPS) is 11.8. The van der Waals surface area contributed by atoms with Crippen molar-refractivity contribution >= 4 is 41.5 Å². The topological polar surface area (TPSA) is 92.6 Å². The maximum Gasteiger partial charge on any atom is 0.246 e. The van der Waals surface area contributed by atoms with Crippen LogP contribution >= 0.6 is 24.0 Å². The van der Waals surface area contributed by atoms with E-state index >= 15 is 0 Å². The number of guanidine groups is 1. The van der Waals surface area contributed by atoms with E-state index in [0.29, 0.717) is 19.0 Å². The molecule has 176 valence electrons. The molecule has 9 heteroatoms. The first-order valence-electron chi connectivity index (χ1n) is 10.6. The van der Waals surface area contributed by atoms with Gasteiger partial charge < -0.3 is 20.7 Å². The van der Waals surface area contributed by atoms with E-state index in [1.807, 2.05) is 62.4 Å². The third kappa shape index (κ3) is 9.13. The molecule has 0 radical (unpaired) electrons.